The highest BCUT2D eigenvalue weighted by Crippen LogP contribution is 2.29. The number of hydrogen-bond acceptors (Lipinski definition) is 3. The van der Waals surface area contributed by atoms with E-state index in [1.54, 1.807) is 30.5 Å². The number of aromatic amines is 1. The van der Waals surface area contributed by atoms with Crippen LogP contribution in [0.25, 0.3) is 0 Å². The van der Waals surface area contributed by atoms with Crippen molar-refractivity contribution in [2.24, 2.45) is 0 Å². The van der Waals surface area contributed by atoms with Gasteiger partial charge in [0.2, 0.25) is 10.0 Å². The van der Waals surface area contributed by atoms with Gasteiger partial charge < -0.3 is 4.98 Å². The first-order valence-electron chi connectivity index (χ1n) is 6.74. The fourth-order valence-electron chi connectivity index (χ4n) is 2.57. The van der Waals surface area contributed by atoms with Crippen molar-refractivity contribution < 1.29 is 8.42 Å². The van der Waals surface area contributed by atoms with Crippen molar-refractivity contribution in [1.29, 1.82) is 0 Å². The van der Waals surface area contributed by atoms with Crippen LogP contribution in [0.15, 0.2) is 35.4 Å². The van der Waals surface area contributed by atoms with Crippen LogP contribution in [0, 0.1) is 6.92 Å². The molecule has 1 aliphatic rings. The molecular formula is C14H16ClN3O2S. The van der Waals surface area contributed by atoms with Crippen molar-refractivity contribution in [1.82, 2.24) is 14.3 Å². The molecule has 7 heteroatoms. The lowest BCUT2D eigenvalue weighted by Gasteiger charge is -2.16. The second-order valence-electron chi connectivity index (χ2n) is 5.25. The molecule has 5 nitrogen and oxygen atoms in total. The molecule has 1 aliphatic heterocycles. The third-order valence-electron chi connectivity index (χ3n) is 3.71. The number of H-pyrrole nitrogens is 1. The van der Waals surface area contributed by atoms with Crippen molar-refractivity contribution in [3.8, 4) is 0 Å². The quantitative estimate of drug-likeness (QED) is 0.943. The van der Waals surface area contributed by atoms with E-state index in [4.69, 9.17) is 11.6 Å². The van der Waals surface area contributed by atoms with Crippen LogP contribution < -0.4 is 0 Å². The Bertz CT molecular complexity index is 740. The summed E-state index contributed by atoms with van der Waals surface area (Å²) >= 11 is 5.81. The Morgan fingerprint density at radius 3 is 2.67 bits per heavy atom. The predicted octanol–water partition coefficient (Wildman–Crippen LogP) is 2.55. The average Bonchev–Trinajstić information content (AvgIpc) is 3.08. The zero-order valence-electron chi connectivity index (χ0n) is 11.6. The van der Waals surface area contributed by atoms with Crippen molar-refractivity contribution >= 4 is 21.6 Å². The standard InChI is InChI=1S/C14H16ClN3O2S/c1-10-8-16-14(17-10)11-6-7-18(9-11)21(19,20)13-4-2-12(15)3-5-13/h2-5,8,11H,6-7,9H2,1H3,(H,16,17)/t11-/m1/s1. The van der Waals surface area contributed by atoms with Gasteiger partial charge in [0, 0.05) is 35.9 Å². The van der Waals surface area contributed by atoms with Crippen LogP contribution in [0.4, 0.5) is 0 Å². The fraction of sp³-hybridized carbons (Fsp3) is 0.357. The Morgan fingerprint density at radius 2 is 2.05 bits per heavy atom. The minimum absolute atomic E-state index is 0.126. The fourth-order valence-corrected chi connectivity index (χ4v) is 4.19. The molecule has 0 aliphatic carbocycles. The molecule has 1 fully saturated rings. The summed E-state index contributed by atoms with van der Waals surface area (Å²) in [6.45, 7) is 2.90. The van der Waals surface area contributed by atoms with E-state index in [1.807, 2.05) is 6.92 Å². The summed E-state index contributed by atoms with van der Waals surface area (Å²) in [6, 6.07) is 6.28. The molecule has 21 heavy (non-hydrogen) atoms. The van der Waals surface area contributed by atoms with Crippen molar-refractivity contribution in [3.63, 3.8) is 0 Å². The van der Waals surface area contributed by atoms with Crippen molar-refractivity contribution in [2.75, 3.05) is 13.1 Å². The third-order valence-corrected chi connectivity index (χ3v) is 5.84. The summed E-state index contributed by atoms with van der Waals surface area (Å²) in [5.41, 5.74) is 0.990. The van der Waals surface area contributed by atoms with Gasteiger partial charge in [-0.25, -0.2) is 13.4 Å². The zero-order chi connectivity index (χ0) is 15.0. The lowest BCUT2D eigenvalue weighted by molar-refractivity contribution is 0.471. The molecule has 0 unspecified atom stereocenters. The Hall–Kier alpha value is -1.37. The van der Waals surface area contributed by atoms with Gasteiger partial charge in [0.05, 0.1) is 4.90 Å². The molecule has 2 aromatic rings. The molecule has 0 bridgehead atoms. The van der Waals surface area contributed by atoms with Crippen LogP contribution in [-0.2, 0) is 10.0 Å². The van der Waals surface area contributed by atoms with Gasteiger partial charge in [-0.05, 0) is 37.6 Å². The molecule has 0 amide bonds. The molecular weight excluding hydrogens is 310 g/mol. The summed E-state index contributed by atoms with van der Waals surface area (Å²) in [6.07, 6.45) is 2.55. The third kappa shape index (κ3) is 2.84. The van der Waals surface area contributed by atoms with Crippen LogP contribution in [0.3, 0.4) is 0 Å². The molecule has 1 N–H and O–H groups in total. The maximum absolute atomic E-state index is 12.6. The van der Waals surface area contributed by atoms with E-state index in [9.17, 15) is 8.42 Å². The van der Waals surface area contributed by atoms with Gasteiger partial charge in [-0.3, -0.25) is 0 Å². The molecule has 1 atom stereocenters. The Balaban J connectivity index is 1.80. The van der Waals surface area contributed by atoms with Crippen LogP contribution >= 0.6 is 11.6 Å². The van der Waals surface area contributed by atoms with Gasteiger partial charge in [-0.2, -0.15) is 4.31 Å². The summed E-state index contributed by atoms with van der Waals surface area (Å²) in [5, 5.41) is 0.527. The Kier molecular flexibility index (Phi) is 3.77. The summed E-state index contributed by atoms with van der Waals surface area (Å²) in [4.78, 5) is 7.77. The van der Waals surface area contributed by atoms with Crippen LogP contribution in [-0.4, -0.2) is 35.8 Å². The van der Waals surface area contributed by atoms with Crippen LogP contribution in [0.2, 0.25) is 5.02 Å². The summed E-state index contributed by atoms with van der Waals surface area (Å²) < 4.78 is 26.7. The molecule has 1 aromatic carbocycles. The number of sulfonamides is 1. The highest BCUT2D eigenvalue weighted by molar-refractivity contribution is 7.89. The topological polar surface area (TPSA) is 66.1 Å². The van der Waals surface area contributed by atoms with Crippen LogP contribution in [0.1, 0.15) is 23.9 Å². The van der Waals surface area contributed by atoms with E-state index in [-0.39, 0.29) is 10.8 Å². The molecule has 112 valence electrons. The number of imidazole rings is 1. The van der Waals surface area contributed by atoms with E-state index in [0.717, 1.165) is 17.9 Å². The lowest BCUT2D eigenvalue weighted by Crippen LogP contribution is -2.28. The summed E-state index contributed by atoms with van der Waals surface area (Å²) in [5.74, 6) is 0.988. The first-order valence-corrected chi connectivity index (χ1v) is 8.56. The van der Waals surface area contributed by atoms with Crippen molar-refractivity contribution in [3.05, 3.63) is 47.0 Å². The number of aryl methyl sites for hydroxylation is 1. The van der Waals surface area contributed by atoms with E-state index < -0.39 is 10.0 Å². The van der Waals surface area contributed by atoms with Gasteiger partial charge in [-0.15, -0.1) is 0 Å². The first kappa shape index (κ1) is 14.6. The van der Waals surface area contributed by atoms with Gasteiger partial charge >= 0.3 is 0 Å². The second kappa shape index (κ2) is 5.44. The first-order chi connectivity index (χ1) is 9.96. The van der Waals surface area contributed by atoms with Crippen LogP contribution in [0.5, 0.6) is 0 Å². The number of halogens is 1. The molecule has 2 heterocycles. The van der Waals surface area contributed by atoms with Gasteiger partial charge in [0.15, 0.2) is 0 Å². The number of rotatable bonds is 3. The normalized spacial score (nSPS) is 20.0. The minimum Gasteiger partial charge on any atom is -0.346 e. The van der Waals surface area contributed by atoms with Gasteiger partial charge in [0.1, 0.15) is 5.82 Å². The largest absolute Gasteiger partial charge is 0.346 e. The smallest absolute Gasteiger partial charge is 0.243 e. The SMILES string of the molecule is Cc1cnc([C@@H]2CCN(S(=O)(=O)c3ccc(Cl)cc3)C2)[nH]1. The number of nitrogens with one attached hydrogen (secondary N) is 1. The molecule has 1 aromatic heterocycles. The minimum atomic E-state index is -3.46. The van der Waals surface area contributed by atoms with E-state index >= 15 is 0 Å². The average molecular weight is 326 g/mol. The van der Waals surface area contributed by atoms with Crippen molar-refractivity contribution in [2.45, 2.75) is 24.2 Å². The van der Waals surface area contributed by atoms with Gasteiger partial charge in [-0.1, -0.05) is 11.6 Å². The molecule has 0 radical (unpaired) electrons. The number of hydrogen-bond donors (Lipinski definition) is 1. The van der Waals surface area contributed by atoms with E-state index in [1.165, 1.54) is 4.31 Å². The molecule has 0 saturated carbocycles. The van der Waals surface area contributed by atoms with E-state index in [2.05, 4.69) is 9.97 Å². The molecule has 3 rings (SSSR count). The Labute approximate surface area is 129 Å². The van der Waals surface area contributed by atoms with E-state index in [0.29, 0.717) is 18.1 Å². The predicted molar refractivity (Wildman–Crippen MR) is 80.9 cm³/mol. The maximum Gasteiger partial charge on any atom is 0.243 e. The lowest BCUT2D eigenvalue weighted by atomic mass is 10.1. The number of aromatic nitrogens is 2. The molecule has 1 saturated heterocycles. The number of benzene rings is 1. The van der Waals surface area contributed by atoms with Gasteiger partial charge in [0.25, 0.3) is 0 Å². The zero-order valence-corrected chi connectivity index (χ0v) is 13.2. The summed E-state index contributed by atoms with van der Waals surface area (Å²) in [7, 11) is -3.46. The Morgan fingerprint density at radius 1 is 1.33 bits per heavy atom. The highest BCUT2D eigenvalue weighted by atomic mass is 35.5. The monoisotopic (exact) mass is 325 g/mol. The second-order valence-corrected chi connectivity index (χ2v) is 7.63. The highest BCUT2D eigenvalue weighted by Gasteiger charge is 2.34. The maximum atomic E-state index is 12.6. The number of nitrogens with zero attached hydrogens (tertiary/aromatic N) is 2. The molecule has 0 spiro atoms.